The van der Waals surface area contributed by atoms with Gasteiger partial charge < -0.3 is 14.9 Å². The van der Waals surface area contributed by atoms with Gasteiger partial charge in [0.05, 0.1) is 16.1 Å². The van der Waals surface area contributed by atoms with Crippen LogP contribution in [0, 0.1) is 10.1 Å². The van der Waals surface area contributed by atoms with Crippen LogP contribution in [0.3, 0.4) is 0 Å². The summed E-state index contributed by atoms with van der Waals surface area (Å²) in [7, 11) is 0. The number of ether oxygens (including phenoxy) is 1. The predicted octanol–water partition coefficient (Wildman–Crippen LogP) is 1.95. The number of nitrogens with zero attached hydrogens (tertiary/aromatic N) is 1. The van der Waals surface area contributed by atoms with Gasteiger partial charge in [0.25, 0.3) is 5.69 Å². The number of non-ortho nitro benzene ring substituents is 1. The molecule has 0 aromatic heterocycles. The Kier molecular flexibility index (Phi) is 3.85. The van der Waals surface area contributed by atoms with Crippen LogP contribution in [0.15, 0.2) is 24.3 Å². The summed E-state index contributed by atoms with van der Waals surface area (Å²) in [5.41, 5.74) is -2.51. The lowest BCUT2D eigenvalue weighted by Crippen LogP contribution is -2.58. The standard InChI is InChI=1S/C16H19NO6/c18-14(11-3-5-12(6-4-11)17(21)22)23-13-7-10-15(19)8-1-2-9-16(13,15)20/h3-6,13,19-20H,1-2,7-10H2/t13-,15-,16+/m1/s1. The van der Waals surface area contributed by atoms with Crippen molar-refractivity contribution in [2.75, 3.05) is 0 Å². The first kappa shape index (κ1) is 15.9. The first-order valence-corrected chi connectivity index (χ1v) is 7.76. The van der Waals surface area contributed by atoms with Crippen molar-refractivity contribution in [2.24, 2.45) is 0 Å². The van der Waals surface area contributed by atoms with Gasteiger partial charge in [-0.1, -0.05) is 12.8 Å². The van der Waals surface area contributed by atoms with Crippen molar-refractivity contribution < 1.29 is 24.7 Å². The number of benzene rings is 1. The van der Waals surface area contributed by atoms with E-state index in [1.54, 1.807) is 0 Å². The highest BCUT2D eigenvalue weighted by molar-refractivity contribution is 5.89. The molecule has 0 bridgehead atoms. The van der Waals surface area contributed by atoms with Crippen LogP contribution in [-0.2, 0) is 4.74 Å². The molecule has 0 unspecified atom stereocenters. The molecule has 0 radical (unpaired) electrons. The Morgan fingerprint density at radius 1 is 1.17 bits per heavy atom. The molecular weight excluding hydrogens is 302 g/mol. The molecule has 7 nitrogen and oxygen atoms in total. The number of hydrogen-bond donors (Lipinski definition) is 2. The lowest BCUT2D eigenvalue weighted by Gasteiger charge is -2.44. The van der Waals surface area contributed by atoms with Gasteiger partial charge in [-0.05, 0) is 37.8 Å². The van der Waals surface area contributed by atoms with Crippen molar-refractivity contribution in [3.8, 4) is 0 Å². The molecule has 3 rings (SSSR count). The summed E-state index contributed by atoms with van der Waals surface area (Å²) in [4.78, 5) is 22.3. The minimum absolute atomic E-state index is 0.109. The number of nitro benzene ring substituents is 1. The van der Waals surface area contributed by atoms with E-state index in [0.717, 1.165) is 12.8 Å². The molecule has 1 aromatic carbocycles. The van der Waals surface area contributed by atoms with Crippen molar-refractivity contribution in [3.05, 3.63) is 39.9 Å². The highest BCUT2D eigenvalue weighted by Crippen LogP contribution is 2.50. The van der Waals surface area contributed by atoms with E-state index in [4.69, 9.17) is 4.74 Å². The van der Waals surface area contributed by atoms with Gasteiger partial charge in [-0.15, -0.1) is 0 Å². The number of fused-ring (bicyclic) bond motifs is 1. The smallest absolute Gasteiger partial charge is 0.338 e. The SMILES string of the molecule is O=C(O[C@@H]1CC[C@]2(O)CCCC[C@]12O)c1ccc([N+](=O)[O-])cc1. The minimum Gasteiger partial charge on any atom is -0.456 e. The average Bonchev–Trinajstić information content (AvgIpc) is 2.79. The summed E-state index contributed by atoms with van der Waals surface area (Å²) in [5, 5.41) is 32.1. The van der Waals surface area contributed by atoms with Gasteiger partial charge in [0.15, 0.2) is 0 Å². The van der Waals surface area contributed by atoms with Gasteiger partial charge in [-0.3, -0.25) is 10.1 Å². The highest BCUT2D eigenvalue weighted by Gasteiger charge is 2.61. The third-order valence-corrected chi connectivity index (χ3v) is 5.12. The first-order valence-electron chi connectivity index (χ1n) is 7.76. The van der Waals surface area contributed by atoms with E-state index in [9.17, 15) is 25.1 Å². The molecule has 0 aliphatic heterocycles. The maximum Gasteiger partial charge on any atom is 0.338 e. The Morgan fingerprint density at radius 3 is 2.48 bits per heavy atom. The minimum atomic E-state index is -1.40. The maximum absolute atomic E-state index is 12.2. The Hall–Kier alpha value is -1.99. The maximum atomic E-state index is 12.2. The molecule has 124 valence electrons. The molecule has 0 heterocycles. The molecule has 23 heavy (non-hydrogen) atoms. The van der Waals surface area contributed by atoms with Gasteiger partial charge in [-0.2, -0.15) is 0 Å². The van der Waals surface area contributed by atoms with Crippen LogP contribution in [-0.4, -0.2) is 38.4 Å². The Labute approximate surface area is 133 Å². The van der Waals surface area contributed by atoms with Crippen LogP contribution < -0.4 is 0 Å². The van der Waals surface area contributed by atoms with E-state index < -0.39 is 28.2 Å². The number of hydrogen-bond acceptors (Lipinski definition) is 6. The topological polar surface area (TPSA) is 110 Å². The monoisotopic (exact) mass is 321 g/mol. The quantitative estimate of drug-likeness (QED) is 0.500. The Bertz CT molecular complexity index is 630. The zero-order chi connectivity index (χ0) is 16.7. The average molecular weight is 321 g/mol. The molecule has 0 saturated heterocycles. The van der Waals surface area contributed by atoms with Crippen LogP contribution in [0.1, 0.15) is 48.9 Å². The molecule has 2 fully saturated rings. The number of nitro groups is 1. The van der Waals surface area contributed by atoms with Crippen LogP contribution in [0.25, 0.3) is 0 Å². The van der Waals surface area contributed by atoms with Crippen LogP contribution in [0.4, 0.5) is 5.69 Å². The number of carbonyl (C=O) groups excluding carboxylic acids is 1. The lowest BCUT2D eigenvalue weighted by atomic mass is 9.73. The van der Waals surface area contributed by atoms with E-state index in [0.29, 0.717) is 25.7 Å². The van der Waals surface area contributed by atoms with Gasteiger partial charge in [0, 0.05) is 12.1 Å². The van der Waals surface area contributed by atoms with E-state index in [1.807, 2.05) is 0 Å². The van der Waals surface area contributed by atoms with Crippen LogP contribution >= 0.6 is 0 Å². The highest BCUT2D eigenvalue weighted by atomic mass is 16.6. The third kappa shape index (κ3) is 2.60. The number of aliphatic hydroxyl groups is 2. The summed E-state index contributed by atoms with van der Waals surface area (Å²) in [6.07, 6.45) is 2.60. The molecule has 2 aliphatic rings. The zero-order valence-corrected chi connectivity index (χ0v) is 12.6. The molecular formula is C16H19NO6. The number of carbonyl (C=O) groups is 1. The molecule has 2 aliphatic carbocycles. The molecule has 0 spiro atoms. The Morgan fingerprint density at radius 2 is 1.83 bits per heavy atom. The fourth-order valence-electron chi connectivity index (χ4n) is 3.74. The second kappa shape index (κ2) is 5.58. The Balaban J connectivity index is 1.74. The van der Waals surface area contributed by atoms with Gasteiger partial charge in [0.2, 0.25) is 0 Å². The molecule has 7 heteroatoms. The summed E-state index contributed by atoms with van der Waals surface area (Å²) in [6.45, 7) is 0. The predicted molar refractivity (Wildman–Crippen MR) is 79.9 cm³/mol. The largest absolute Gasteiger partial charge is 0.456 e. The lowest BCUT2D eigenvalue weighted by molar-refractivity contribution is -0.384. The first-order chi connectivity index (χ1) is 10.9. The fraction of sp³-hybridized carbons (Fsp3) is 0.562. The van der Waals surface area contributed by atoms with E-state index in [1.165, 1.54) is 24.3 Å². The van der Waals surface area contributed by atoms with Gasteiger partial charge in [0.1, 0.15) is 11.7 Å². The molecule has 2 saturated carbocycles. The summed E-state index contributed by atoms with van der Waals surface area (Å²) in [5.74, 6) is -0.645. The summed E-state index contributed by atoms with van der Waals surface area (Å²) < 4.78 is 5.42. The van der Waals surface area contributed by atoms with Gasteiger partial charge in [-0.25, -0.2) is 4.79 Å². The van der Waals surface area contributed by atoms with Crippen molar-refractivity contribution in [1.29, 1.82) is 0 Å². The third-order valence-electron chi connectivity index (χ3n) is 5.12. The summed E-state index contributed by atoms with van der Waals surface area (Å²) >= 11 is 0. The van der Waals surface area contributed by atoms with Crippen molar-refractivity contribution in [3.63, 3.8) is 0 Å². The normalized spacial score (nSPS) is 33.0. The van der Waals surface area contributed by atoms with Crippen LogP contribution in [0.5, 0.6) is 0 Å². The molecule has 0 amide bonds. The van der Waals surface area contributed by atoms with E-state index in [-0.39, 0.29) is 11.3 Å². The molecule has 2 N–H and O–H groups in total. The second-order valence-electron chi connectivity index (χ2n) is 6.40. The molecule has 3 atom stereocenters. The summed E-state index contributed by atoms with van der Waals surface area (Å²) in [6, 6.07) is 5.12. The van der Waals surface area contributed by atoms with Crippen molar-refractivity contribution >= 4 is 11.7 Å². The second-order valence-corrected chi connectivity index (χ2v) is 6.40. The van der Waals surface area contributed by atoms with E-state index >= 15 is 0 Å². The molecule has 1 aromatic rings. The van der Waals surface area contributed by atoms with Crippen molar-refractivity contribution in [1.82, 2.24) is 0 Å². The van der Waals surface area contributed by atoms with Crippen LogP contribution in [0.2, 0.25) is 0 Å². The number of esters is 1. The fourth-order valence-corrected chi connectivity index (χ4v) is 3.74. The number of rotatable bonds is 3. The van der Waals surface area contributed by atoms with E-state index in [2.05, 4.69) is 0 Å². The van der Waals surface area contributed by atoms with Gasteiger partial charge >= 0.3 is 5.97 Å². The zero-order valence-electron chi connectivity index (χ0n) is 12.6. The van der Waals surface area contributed by atoms with Crippen molar-refractivity contribution in [2.45, 2.75) is 55.8 Å².